The van der Waals surface area contributed by atoms with E-state index in [4.69, 9.17) is 0 Å². The lowest BCUT2D eigenvalue weighted by atomic mass is 10.3. The molecule has 1 heterocycles. The van der Waals surface area contributed by atoms with Gasteiger partial charge in [0.2, 0.25) is 5.91 Å². The molecule has 0 unspecified atom stereocenters. The predicted molar refractivity (Wildman–Crippen MR) is 88.7 cm³/mol. The van der Waals surface area contributed by atoms with Gasteiger partial charge >= 0.3 is 5.69 Å². The van der Waals surface area contributed by atoms with Crippen LogP contribution in [0.4, 0.5) is 5.69 Å². The summed E-state index contributed by atoms with van der Waals surface area (Å²) in [5.74, 6) is 0.115. The number of aromatic amines is 1. The number of nitrogens with zero attached hydrogens (tertiary/aromatic N) is 2. The number of carbonyl (C=O) groups excluding carboxylic acids is 1. The first-order valence-electron chi connectivity index (χ1n) is 6.91. The predicted octanol–water partition coefficient (Wildman–Crippen LogP) is 2.36. The monoisotopic (exact) mass is 336 g/mol. The molecule has 0 aliphatic heterocycles. The quantitative estimate of drug-likeness (QED) is 0.792. The molecule has 1 aliphatic rings. The second-order valence-electron chi connectivity index (χ2n) is 4.95. The fourth-order valence-corrected chi connectivity index (χ4v) is 3.48. The van der Waals surface area contributed by atoms with E-state index in [1.54, 1.807) is 16.3 Å². The van der Waals surface area contributed by atoms with Gasteiger partial charge in [0.15, 0.2) is 5.16 Å². The van der Waals surface area contributed by atoms with Gasteiger partial charge in [0, 0.05) is 10.9 Å². The van der Waals surface area contributed by atoms with Crippen LogP contribution in [0.25, 0.3) is 0 Å². The minimum atomic E-state index is -0.196. The number of anilines is 1. The van der Waals surface area contributed by atoms with Crippen molar-refractivity contribution in [2.24, 2.45) is 0 Å². The molecule has 1 fully saturated rings. The first kappa shape index (κ1) is 15.2. The molecule has 8 heteroatoms. The van der Waals surface area contributed by atoms with Crippen molar-refractivity contribution in [2.75, 3.05) is 17.3 Å². The molecular formula is C14H16N4O2S2. The molecule has 1 aliphatic carbocycles. The van der Waals surface area contributed by atoms with E-state index >= 15 is 0 Å². The molecule has 1 aromatic heterocycles. The van der Waals surface area contributed by atoms with Crippen molar-refractivity contribution in [1.82, 2.24) is 14.8 Å². The maximum Gasteiger partial charge on any atom is 0.344 e. The van der Waals surface area contributed by atoms with Crippen LogP contribution in [0.3, 0.4) is 0 Å². The number of thioether (sulfide) groups is 2. The number of hydrogen-bond acceptors (Lipinski definition) is 5. The molecule has 2 N–H and O–H groups in total. The molecule has 0 atom stereocenters. The SMILES string of the molecule is CSc1ccccc1NC(=O)CSc1n[nH]c(=O)n1C1CC1. The van der Waals surface area contributed by atoms with Gasteiger partial charge in [-0.1, -0.05) is 23.9 Å². The average molecular weight is 336 g/mol. The second kappa shape index (κ2) is 6.62. The van der Waals surface area contributed by atoms with Crippen LogP contribution >= 0.6 is 23.5 Å². The van der Waals surface area contributed by atoms with Crippen LogP contribution in [-0.4, -0.2) is 32.7 Å². The number of benzene rings is 1. The molecule has 1 saturated carbocycles. The summed E-state index contributed by atoms with van der Waals surface area (Å²) < 4.78 is 1.65. The smallest absolute Gasteiger partial charge is 0.324 e. The maximum atomic E-state index is 12.1. The number of para-hydroxylation sites is 1. The van der Waals surface area contributed by atoms with Crippen LogP contribution in [-0.2, 0) is 4.79 Å². The summed E-state index contributed by atoms with van der Waals surface area (Å²) in [7, 11) is 0. The number of hydrogen-bond donors (Lipinski definition) is 2. The van der Waals surface area contributed by atoms with E-state index in [1.165, 1.54) is 11.8 Å². The van der Waals surface area contributed by atoms with E-state index in [0.29, 0.717) is 5.16 Å². The van der Waals surface area contributed by atoms with Crippen LogP contribution in [0.2, 0.25) is 0 Å². The van der Waals surface area contributed by atoms with Gasteiger partial charge < -0.3 is 5.32 Å². The third-order valence-corrected chi connectivity index (χ3v) is 5.05. The number of carbonyl (C=O) groups is 1. The Hall–Kier alpha value is -1.67. The Bertz CT molecular complexity index is 736. The van der Waals surface area contributed by atoms with Gasteiger partial charge in [0.25, 0.3) is 0 Å². The van der Waals surface area contributed by atoms with Gasteiger partial charge in [-0.15, -0.1) is 16.9 Å². The van der Waals surface area contributed by atoms with E-state index in [-0.39, 0.29) is 23.4 Å². The van der Waals surface area contributed by atoms with Crippen molar-refractivity contribution in [3.8, 4) is 0 Å². The lowest BCUT2D eigenvalue weighted by Crippen LogP contribution is -2.18. The Kier molecular flexibility index (Phi) is 4.58. The normalized spacial score (nSPS) is 14.0. The zero-order valence-electron chi connectivity index (χ0n) is 12.0. The topological polar surface area (TPSA) is 79.8 Å². The molecule has 0 spiro atoms. The molecule has 2 aromatic rings. The molecule has 0 bridgehead atoms. The molecule has 6 nitrogen and oxygen atoms in total. The van der Waals surface area contributed by atoms with E-state index in [0.717, 1.165) is 23.4 Å². The summed E-state index contributed by atoms with van der Waals surface area (Å²) in [6.07, 6.45) is 3.97. The van der Waals surface area contributed by atoms with Gasteiger partial charge in [0.05, 0.1) is 11.4 Å². The van der Waals surface area contributed by atoms with Gasteiger partial charge in [-0.2, -0.15) is 0 Å². The van der Waals surface area contributed by atoms with Crippen molar-refractivity contribution in [3.05, 3.63) is 34.7 Å². The van der Waals surface area contributed by atoms with Crippen LogP contribution in [0.15, 0.2) is 39.1 Å². The first-order valence-corrected chi connectivity index (χ1v) is 9.12. The lowest BCUT2D eigenvalue weighted by molar-refractivity contribution is -0.113. The third kappa shape index (κ3) is 3.38. The minimum absolute atomic E-state index is 0.107. The highest BCUT2D eigenvalue weighted by atomic mass is 32.2. The number of rotatable bonds is 6. The van der Waals surface area contributed by atoms with Gasteiger partial charge in [0.1, 0.15) is 0 Å². The van der Waals surface area contributed by atoms with Crippen LogP contribution in [0, 0.1) is 0 Å². The van der Waals surface area contributed by atoms with Crippen molar-refractivity contribution in [2.45, 2.75) is 28.9 Å². The van der Waals surface area contributed by atoms with Crippen molar-refractivity contribution >= 4 is 35.1 Å². The standard InChI is InChI=1S/C14H16N4O2S2/c1-21-11-5-3-2-4-10(11)15-12(19)8-22-14-17-16-13(20)18(14)9-6-7-9/h2-5,9H,6-8H2,1H3,(H,15,19)(H,16,20). The van der Waals surface area contributed by atoms with E-state index in [2.05, 4.69) is 15.5 Å². The van der Waals surface area contributed by atoms with Gasteiger partial charge in [-0.05, 0) is 31.2 Å². The summed E-state index contributed by atoms with van der Waals surface area (Å²) in [4.78, 5) is 24.8. The molecule has 0 radical (unpaired) electrons. The highest BCUT2D eigenvalue weighted by molar-refractivity contribution is 7.99. The van der Waals surface area contributed by atoms with Gasteiger partial charge in [-0.25, -0.2) is 9.89 Å². The average Bonchev–Trinajstić information content (AvgIpc) is 3.29. The van der Waals surface area contributed by atoms with Crippen LogP contribution < -0.4 is 11.0 Å². The molecule has 0 saturated heterocycles. The van der Waals surface area contributed by atoms with Crippen molar-refractivity contribution in [1.29, 1.82) is 0 Å². The largest absolute Gasteiger partial charge is 0.344 e. The molecule has 1 aromatic carbocycles. The van der Waals surface area contributed by atoms with Crippen LogP contribution in [0.1, 0.15) is 18.9 Å². The number of H-pyrrole nitrogens is 1. The number of aromatic nitrogens is 3. The fraction of sp³-hybridized carbons (Fsp3) is 0.357. The zero-order chi connectivity index (χ0) is 15.5. The Morgan fingerprint density at radius 2 is 2.23 bits per heavy atom. The summed E-state index contributed by atoms with van der Waals surface area (Å²) in [5, 5.41) is 9.93. The first-order chi connectivity index (χ1) is 10.7. The van der Waals surface area contributed by atoms with Crippen molar-refractivity contribution in [3.63, 3.8) is 0 Å². The Morgan fingerprint density at radius 1 is 1.45 bits per heavy atom. The zero-order valence-corrected chi connectivity index (χ0v) is 13.7. The molecule has 1 amide bonds. The summed E-state index contributed by atoms with van der Waals surface area (Å²) >= 11 is 2.86. The third-order valence-electron chi connectivity index (χ3n) is 3.30. The Balaban J connectivity index is 1.62. The number of nitrogens with one attached hydrogen (secondary N) is 2. The highest BCUT2D eigenvalue weighted by Gasteiger charge is 2.28. The summed E-state index contributed by atoms with van der Waals surface area (Å²) in [6, 6.07) is 7.92. The molecular weight excluding hydrogens is 320 g/mol. The van der Waals surface area contributed by atoms with Crippen LogP contribution in [0.5, 0.6) is 0 Å². The summed E-state index contributed by atoms with van der Waals surface area (Å²) in [5.41, 5.74) is 0.611. The lowest BCUT2D eigenvalue weighted by Gasteiger charge is -2.09. The maximum absolute atomic E-state index is 12.1. The van der Waals surface area contributed by atoms with E-state index in [1.807, 2.05) is 30.5 Å². The second-order valence-corrected chi connectivity index (χ2v) is 6.74. The Morgan fingerprint density at radius 3 is 2.95 bits per heavy atom. The van der Waals surface area contributed by atoms with E-state index in [9.17, 15) is 9.59 Å². The highest BCUT2D eigenvalue weighted by Crippen LogP contribution is 2.36. The molecule has 3 rings (SSSR count). The summed E-state index contributed by atoms with van der Waals surface area (Å²) in [6.45, 7) is 0. The Labute approximate surface area is 136 Å². The molecule has 116 valence electrons. The minimum Gasteiger partial charge on any atom is -0.324 e. The van der Waals surface area contributed by atoms with Gasteiger partial charge in [-0.3, -0.25) is 9.36 Å². The van der Waals surface area contributed by atoms with E-state index < -0.39 is 0 Å². The van der Waals surface area contributed by atoms with Crippen molar-refractivity contribution < 1.29 is 4.79 Å². The fourth-order valence-electron chi connectivity index (χ4n) is 2.11. The molecule has 22 heavy (non-hydrogen) atoms. The number of amides is 1.